The van der Waals surface area contributed by atoms with Crippen molar-refractivity contribution in [1.29, 1.82) is 0 Å². The highest BCUT2D eigenvalue weighted by Gasteiger charge is 2.35. The molecule has 0 saturated heterocycles. The van der Waals surface area contributed by atoms with Crippen LogP contribution in [0.2, 0.25) is 0 Å². The topological polar surface area (TPSA) is 75.7 Å². The lowest BCUT2D eigenvalue weighted by atomic mass is 10.1. The number of sulfonamides is 1. The molecule has 8 heteroatoms. The number of fused-ring (bicyclic) bond motifs is 1. The standard InChI is InChI=1S/C25H26N2O4S2/c1-17-9-12-23-22(13-17)27(33(3,29)30)15-24(31-23)25(28)26-21-11-10-19(14-18(21)2)16-32-20-7-5-4-6-8-20/h4-14,24H,15-16H2,1-3H3,(H,26,28). The number of carbonyl (C=O) groups excluding carboxylic acids is 1. The quantitative estimate of drug-likeness (QED) is 0.513. The predicted molar refractivity (Wildman–Crippen MR) is 134 cm³/mol. The molecular weight excluding hydrogens is 456 g/mol. The van der Waals surface area contributed by atoms with Crippen molar-refractivity contribution < 1.29 is 17.9 Å². The maximum Gasteiger partial charge on any atom is 0.267 e. The lowest BCUT2D eigenvalue weighted by Crippen LogP contribution is -2.48. The molecule has 1 aliphatic rings. The van der Waals surface area contributed by atoms with E-state index in [1.807, 2.05) is 56.3 Å². The average molecular weight is 483 g/mol. The van der Waals surface area contributed by atoms with E-state index >= 15 is 0 Å². The molecule has 0 saturated carbocycles. The molecule has 1 unspecified atom stereocenters. The number of hydrogen-bond acceptors (Lipinski definition) is 5. The molecule has 4 rings (SSSR count). The molecule has 1 aliphatic heterocycles. The van der Waals surface area contributed by atoms with Crippen LogP contribution in [-0.2, 0) is 20.6 Å². The van der Waals surface area contributed by atoms with Crippen LogP contribution in [0.4, 0.5) is 11.4 Å². The monoisotopic (exact) mass is 482 g/mol. The predicted octanol–water partition coefficient (Wildman–Crippen LogP) is 4.76. The summed E-state index contributed by atoms with van der Waals surface area (Å²) in [6.45, 7) is 3.74. The number of carbonyl (C=O) groups is 1. The van der Waals surface area contributed by atoms with Crippen LogP contribution in [0.5, 0.6) is 5.75 Å². The van der Waals surface area contributed by atoms with Gasteiger partial charge in [-0.1, -0.05) is 36.4 Å². The first-order valence-electron chi connectivity index (χ1n) is 10.5. The van der Waals surface area contributed by atoms with Gasteiger partial charge in [0.15, 0.2) is 6.10 Å². The number of nitrogens with zero attached hydrogens (tertiary/aromatic N) is 1. The van der Waals surface area contributed by atoms with Gasteiger partial charge >= 0.3 is 0 Å². The van der Waals surface area contributed by atoms with E-state index in [0.717, 1.165) is 28.7 Å². The summed E-state index contributed by atoms with van der Waals surface area (Å²) in [5.41, 5.74) is 4.13. The molecular formula is C25H26N2O4S2. The summed E-state index contributed by atoms with van der Waals surface area (Å²) in [4.78, 5) is 14.2. The SMILES string of the molecule is Cc1ccc2c(c1)N(S(C)(=O)=O)CC(C(=O)Nc1ccc(CSc3ccccc3)cc1C)O2. The van der Waals surface area contributed by atoms with Crippen molar-refractivity contribution in [3.8, 4) is 5.75 Å². The van der Waals surface area contributed by atoms with Crippen LogP contribution < -0.4 is 14.4 Å². The van der Waals surface area contributed by atoms with Gasteiger partial charge in [-0.05, 0) is 60.9 Å². The Kier molecular flexibility index (Phi) is 6.67. The number of thioether (sulfide) groups is 1. The first-order valence-corrected chi connectivity index (χ1v) is 13.4. The third-order valence-corrected chi connectivity index (χ3v) is 7.60. The average Bonchev–Trinajstić information content (AvgIpc) is 2.78. The van der Waals surface area contributed by atoms with Gasteiger partial charge in [0, 0.05) is 16.3 Å². The van der Waals surface area contributed by atoms with E-state index in [1.54, 1.807) is 23.9 Å². The Morgan fingerprint density at radius 3 is 2.55 bits per heavy atom. The van der Waals surface area contributed by atoms with Gasteiger partial charge in [0.25, 0.3) is 5.91 Å². The van der Waals surface area contributed by atoms with Crippen LogP contribution in [0.15, 0.2) is 71.6 Å². The van der Waals surface area contributed by atoms with Crippen molar-refractivity contribution in [2.24, 2.45) is 0 Å². The molecule has 0 aliphatic carbocycles. The molecule has 1 amide bonds. The van der Waals surface area contributed by atoms with Crippen molar-refractivity contribution in [3.63, 3.8) is 0 Å². The van der Waals surface area contributed by atoms with Gasteiger partial charge in [0.2, 0.25) is 10.0 Å². The zero-order chi connectivity index (χ0) is 23.6. The number of anilines is 2. The summed E-state index contributed by atoms with van der Waals surface area (Å²) in [6, 6.07) is 21.4. The maximum atomic E-state index is 13.0. The molecule has 0 radical (unpaired) electrons. The Morgan fingerprint density at radius 2 is 1.85 bits per heavy atom. The highest BCUT2D eigenvalue weighted by atomic mass is 32.2. The first-order chi connectivity index (χ1) is 15.7. The molecule has 0 fully saturated rings. The van der Waals surface area contributed by atoms with E-state index in [1.165, 1.54) is 9.20 Å². The maximum absolute atomic E-state index is 13.0. The van der Waals surface area contributed by atoms with Crippen molar-refractivity contribution in [1.82, 2.24) is 0 Å². The lowest BCUT2D eigenvalue weighted by molar-refractivity contribution is -0.122. The summed E-state index contributed by atoms with van der Waals surface area (Å²) in [5.74, 6) is 0.816. The van der Waals surface area contributed by atoms with Gasteiger partial charge in [0.1, 0.15) is 5.75 Å². The lowest BCUT2D eigenvalue weighted by Gasteiger charge is -2.34. The Balaban J connectivity index is 1.47. The second-order valence-corrected chi connectivity index (χ2v) is 11.1. The Hall–Kier alpha value is -2.97. The van der Waals surface area contributed by atoms with E-state index in [9.17, 15) is 13.2 Å². The Morgan fingerprint density at radius 1 is 1.09 bits per heavy atom. The fourth-order valence-corrected chi connectivity index (χ4v) is 5.43. The third kappa shape index (κ3) is 5.51. The van der Waals surface area contributed by atoms with Crippen molar-refractivity contribution in [2.45, 2.75) is 30.6 Å². The summed E-state index contributed by atoms with van der Waals surface area (Å²) in [6.07, 6.45) is 0.179. The van der Waals surface area contributed by atoms with Gasteiger partial charge in [0.05, 0.1) is 18.5 Å². The highest BCUT2D eigenvalue weighted by molar-refractivity contribution is 7.98. The largest absolute Gasteiger partial charge is 0.476 e. The molecule has 6 nitrogen and oxygen atoms in total. The molecule has 3 aromatic rings. The number of nitrogens with one attached hydrogen (secondary N) is 1. The van der Waals surface area contributed by atoms with Crippen LogP contribution >= 0.6 is 11.8 Å². The highest BCUT2D eigenvalue weighted by Crippen LogP contribution is 2.36. The number of hydrogen-bond donors (Lipinski definition) is 1. The smallest absolute Gasteiger partial charge is 0.267 e. The van der Waals surface area contributed by atoms with E-state index in [-0.39, 0.29) is 12.5 Å². The van der Waals surface area contributed by atoms with E-state index < -0.39 is 16.1 Å². The fraction of sp³-hybridized carbons (Fsp3) is 0.240. The van der Waals surface area contributed by atoms with E-state index in [4.69, 9.17) is 4.74 Å². The van der Waals surface area contributed by atoms with Gasteiger partial charge in [-0.3, -0.25) is 9.10 Å². The van der Waals surface area contributed by atoms with Gasteiger partial charge in [-0.2, -0.15) is 0 Å². The number of rotatable bonds is 6. The van der Waals surface area contributed by atoms with Crippen LogP contribution in [-0.4, -0.2) is 33.2 Å². The van der Waals surface area contributed by atoms with E-state index in [2.05, 4.69) is 17.4 Å². The van der Waals surface area contributed by atoms with Gasteiger partial charge < -0.3 is 10.1 Å². The molecule has 1 N–H and O–H groups in total. The third-order valence-electron chi connectivity index (χ3n) is 5.37. The fourth-order valence-electron chi connectivity index (χ4n) is 3.66. The summed E-state index contributed by atoms with van der Waals surface area (Å²) >= 11 is 1.75. The molecule has 33 heavy (non-hydrogen) atoms. The van der Waals surface area contributed by atoms with Crippen LogP contribution in [0.25, 0.3) is 0 Å². The molecule has 172 valence electrons. The van der Waals surface area contributed by atoms with Crippen molar-refractivity contribution in [3.05, 3.63) is 83.4 Å². The minimum atomic E-state index is -3.57. The minimum absolute atomic E-state index is 0.0774. The number of benzene rings is 3. The molecule has 1 atom stereocenters. The molecule has 0 bridgehead atoms. The summed E-state index contributed by atoms with van der Waals surface area (Å²) in [5, 5.41) is 2.90. The molecule has 0 aromatic heterocycles. The second kappa shape index (κ2) is 9.49. The van der Waals surface area contributed by atoms with Crippen LogP contribution in [0.1, 0.15) is 16.7 Å². The number of amides is 1. The Bertz CT molecular complexity index is 1280. The molecule has 3 aromatic carbocycles. The summed E-state index contributed by atoms with van der Waals surface area (Å²) < 4.78 is 31.9. The van der Waals surface area contributed by atoms with Crippen LogP contribution in [0.3, 0.4) is 0 Å². The zero-order valence-electron chi connectivity index (χ0n) is 18.7. The first kappa shape index (κ1) is 23.2. The van der Waals surface area contributed by atoms with Gasteiger partial charge in [-0.15, -0.1) is 11.8 Å². The van der Waals surface area contributed by atoms with Crippen molar-refractivity contribution in [2.75, 3.05) is 22.4 Å². The zero-order valence-corrected chi connectivity index (χ0v) is 20.4. The Labute approximate surface area is 199 Å². The minimum Gasteiger partial charge on any atom is -0.476 e. The number of ether oxygens (including phenoxy) is 1. The summed E-state index contributed by atoms with van der Waals surface area (Å²) in [7, 11) is -3.57. The van der Waals surface area contributed by atoms with Crippen molar-refractivity contribution >= 4 is 39.1 Å². The molecule has 1 heterocycles. The number of aryl methyl sites for hydroxylation is 2. The second-order valence-electron chi connectivity index (χ2n) is 8.11. The van der Waals surface area contributed by atoms with E-state index in [0.29, 0.717) is 17.1 Å². The van der Waals surface area contributed by atoms with Crippen LogP contribution in [0, 0.1) is 13.8 Å². The van der Waals surface area contributed by atoms with Gasteiger partial charge in [-0.25, -0.2) is 8.42 Å². The molecule has 0 spiro atoms. The normalized spacial score (nSPS) is 15.5.